The number of aliphatic hydroxyl groups is 8. The van der Waals surface area contributed by atoms with E-state index in [-0.39, 0.29) is 22.7 Å². The molecule has 10 N–H and O–H groups in total. The Hall–Kier alpha value is -3.55. The maximum absolute atomic E-state index is 14.0. The van der Waals surface area contributed by atoms with E-state index in [9.17, 15) is 55.9 Å². The lowest BCUT2D eigenvalue weighted by atomic mass is 9.99. The standard InChI is InChI=1S/C27H30O16/c28-7-14-17(32)20(35)22(37)26(41-14)40-13-6-11(31)5-12-16(13)19(34)25(24(39-12)9-1-3-10(30)4-2-9)43-27-23(38)21(36)18(33)15(8-29)42-27/h1-6,14-15,17-18,20-23,26-33,35-38H,7-8H2/t14?,15?,17-,18-,20+,21+,22?,23?,26-,27+/m1/s1. The summed E-state index contributed by atoms with van der Waals surface area (Å²) in [6, 6.07) is 7.26. The van der Waals surface area contributed by atoms with Crippen molar-refractivity contribution in [2.75, 3.05) is 13.2 Å². The van der Waals surface area contributed by atoms with Gasteiger partial charge < -0.3 is 74.4 Å². The number of phenolic OH excluding ortho intramolecular Hbond substituents is 2. The Morgan fingerprint density at radius 1 is 0.674 bits per heavy atom. The van der Waals surface area contributed by atoms with E-state index in [1.54, 1.807) is 0 Å². The van der Waals surface area contributed by atoms with Gasteiger partial charge in [-0.3, -0.25) is 4.79 Å². The van der Waals surface area contributed by atoms with Crippen molar-refractivity contribution in [1.29, 1.82) is 0 Å². The first-order valence-electron chi connectivity index (χ1n) is 13.0. The summed E-state index contributed by atoms with van der Waals surface area (Å²) in [5.74, 6) is -1.99. The van der Waals surface area contributed by atoms with Crippen molar-refractivity contribution in [2.45, 2.75) is 61.4 Å². The second-order valence-corrected chi connectivity index (χ2v) is 10.1. The van der Waals surface area contributed by atoms with E-state index in [2.05, 4.69) is 0 Å². The summed E-state index contributed by atoms with van der Waals surface area (Å²) in [5.41, 5.74) is -1.12. The van der Waals surface area contributed by atoms with Crippen LogP contribution in [-0.4, -0.2) is 126 Å². The van der Waals surface area contributed by atoms with Gasteiger partial charge in [0.2, 0.25) is 23.8 Å². The van der Waals surface area contributed by atoms with Gasteiger partial charge >= 0.3 is 0 Å². The highest BCUT2D eigenvalue weighted by Crippen LogP contribution is 2.39. The Morgan fingerprint density at radius 3 is 1.74 bits per heavy atom. The molecule has 2 aliphatic heterocycles. The predicted octanol–water partition coefficient (Wildman–Crippen LogP) is -2.77. The zero-order valence-electron chi connectivity index (χ0n) is 22.1. The van der Waals surface area contributed by atoms with Crippen LogP contribution in [0.15, 0.2) is 45.6 Å². The third-order valence-electron chi connectivity index (χ3n) is 7.21. The average Bonchev–Trinajstić information content (AvgIpc) is 2.98. The molecular weight excluding hydrogens is 580 g/mol. The molecule has 2 saturated heterocycles. The minimum absolute atomic E-state index is 0.129. The molecule has 0 saturated carbocycles. The molecule has 2 aliphatic rings. The number of phenols is 2. The van der Waals surface area contributed by atoms with Crippen molar-refractivity contribution in [3.63, 3.8) is 0 Å². The molecule has 0 spiro atoms. The van der Waals surface area contributed by atoms with E-state index in [4.69, 9.17) is 23.4 Å². The highest BCUT2D eigenvalue weighted by molar-refractivity contribution is 5.88. The first-order valence-corrected chi connectivity index (χ1v) is 13.0. The van der Waals surface area contributed by atoms with Gasteiger partial charge in [-0.2, -0.15) is 0 Å². The summed E-state index contributed by atoms with van der Waals surface area (Å²) in [5, 5.41) is 100. The topological polar surface area (TPSA) is 269 Å². The molecule has 2 fully saturated rings. The fourth-order valence-electron chi connectivity index (χ4n) is 4.83. The summed E-state index contributed by atoms with van der Waals surface area (Å²) in [6.45, 7) is -1.54. The molecule has 5 rings (SSSR count). The molecule has 0 amide bonds. The van der Waals surface area contributed by atoms with Crippen LogP contribution in [0.1, 0.15) is 0 Å². The minimum atomic E-state index is -1.91. The van der Waals surface area contributed by atoms with Crippen LogP contribution in [-0.2, 0) is 9.47 Å². The normalized spacial score (nSPS) is 32.9. The van der Waals surface area contributed by atoms with Crippen LogP contribution in [0.2, 0.25) is 0 Å². The summed E-state index contributed by atoms with van der Waals surface area (Å²) >= 11 is 0. The number of aliphatic hydroxyl groups excluding tert-OH is 8. The second-order valence-electron chi connectivity index (χ2n) is 10.1. The molecular formula is C27H30O16. The maximum Gasteiger partial charge on any atom is 0.239 e. The highest BCUT2D eigenvalue weighted by atomic mass is 16.7. The van der Waals surface area contributed by atoms with Gasteiger partial charge in [-0.05, 0) is 24.3 Å². The van der Waals surface area contributed by atoms with E-state index >= 15 is 0 Å². The number of hydrogen-bond donors (Lipinski definition) is 10. The number of rotatable bonds is 7. The Bertz CT molecular complexity index is 1490. The molecule has 0 aliphatic carbocycles. The van der Waals surface area contributed by atoms with E-state index in [0.29, 0.717) is 0 Å². The predicted molar refractivity (Wildman–Crippen MR) is 140 cm³/mol. The second kappa shape index (κ2) is 12.2. The van der Waals surface area contributed by atoms with Crippen molar-refractivity contribution < 1.29 is 74.4 Å². The molecule has 43 heavy (non-hydrogen) atoms. The summed E-state index contributed by atoms with van der Waals surface area (Å²) in [4.78, 5) is 14.0. The number of hydrogen-bond acceptors (Lipinski definition) is 16. The van der Waals surface area contributed by atoms with Gasteiger partial charge in [0.15, 0.2) is 5.76 Å². The van der Waals surface area contributed by atoms with Crippen molar-refractivity contribution in [2.24, 2.45) is 0 Å². The molecule has 3 heterocycles. The summed E-state index contributed by atoms with van der Waals surface area (Å²) < 4.78 is 28.0. The van der Waals surface area contributed by atoms with E-state index in [1.165, 1.54) is 24.3 Å². The van der Waals surface area contributed by atoms with Crippen LogP contribution in [0, 0.1) is 0 Å². The van der Waals surface area contributed by atoms with Gasteiger partial charge in [-0.25, -0.2) is 0 Å². The van der Waals surface area contributed by atoms with Crippen LogP contribution < -0.4 is 14.9 Å². The number of aromatic hydroxyl groups is 2. The van der Waals surface area contributed by atoms with Crippen LogP contribution in [0.5, 0.6) is 23.0 Å². The van der Waals surface area contributed by atoms with Crippen LogP contribution in [0.25, 0.3) is 22.3 Å². The van der Waals surface area contributed by atoms with Gasteiger partial charge in [0.05, 0.1) is 13.2 Å². The molecule has 1 aromatic heterocycles. The van der Waals surface area contributed by atoms with E-state index in [1.807, 2.05) is 0 Å². The average molecular weight is 611 g/mol. The van der Waals surface area contributed by atoms with Gasteiger partial charge in [-0.15, -0.1) is 0 Å². The molecule has 4 unspecified atom stereocenters. The van der Waals surface area contributed by atoms with Crippen molar-refractivity contribution in [3.05, 3.63) is 46.6 Å². The van der Waals surface area contributed by atoms with Crippen LogP contribution >= 0.6 is 0 Å². The number of ether oxygens (including phenoxy) is 4. The molecule has 16 heteroatoms. The Morgan fingerprint density at radius 2 is 1.21 bits per heavy atom. The first kappa shape index (κ1) is 30.9. The monoisotopic (exact) mass is 610 g/mol. The highest BCUT2D eigenvalue weighted by Gasteiger charge is 2.46. The first-order chi connectivity index (χ1) is 20.4. The lowest BCUT2D eigenvalue weighted by Crippen LogP contribution is -2.60. The molecule has 3 aromatic rings. The number of fused-ring (bicyclic) bond motifs is 1. The Kier molecular flexibility index (Phi) is 8.77. The third kappa shape index (κ3) is 5.73. The molecule has 0 bridgehead atoms. The van der Waals surface area contributed by atoms with E-state index in [0.717, 1.165) is 12.1 Å². The van der Waals surface area contributed by atoms with Gasteiger partial charge in [0.25, 0.3) is 0 Å². The zero-order valence-corrected chi connectivity index (χ0v) is 22.1. The molecule has 0 radical (unpaired) electrons. The van der Waals surface area contributed by atoms with Crippen molar-refractivity contribution in [1.82, 2.24) is 0 Å². The maximum atomic E-state index is 14.0. The Balaban J connectivity index is 1.64. The number of benzene rings is 2. The molecule has 16 nitrogen and oxygen atoms in total. The molecule has 234 valence electrons. The van der Waals surface area contributed by atoms with Gasteiger partial charge in [0, 0.05) is 17.7 Å². The SMILES string of the molecule is O=c1c(O[C@@H]2OC(CO)[C@@H](O)[C@H](O)C2O)c(-c2ccc(O)cc2)oc2cc(O)cc(O[C@@H]3OC(CO)[C@@H](O)[C@H](O)C3O)c12. The summed E-state index contributed by atoms with van der Waals surface area (Å²) in [6.07, 6.45) is -17.2. The fraction of sp³-hybridized carbons (Fsp3) is 0.444. The lowest BCUT2D eigenvalue weighted by Gasteiger charge is -2.39. The third-order valence-corrected chi connectivity index (χ3v) is 7.21. The smallest absolute Gasteiger partial charge is 0.239 e. The largest absolute Gasteiger partial charge is 0.508 e. The Labute approximate surface area is 241 Å². The lowest BCUT2D eigenvalue weighted by molar-refractivity contribution is -0.277. The van der Waals surface area contributed by atoms with E-state index < -0.39 is 103 Å². The van der Waals surface area contributed by atoms with Gasteiger partial charge in [0.1, 0.15) is 77.0 Å². The minimum Gasteiger partial charge on any atom is -0.508 e. The van der Waals surface area contributed by atoms with Gasteiger partial charge in [-0.1, -0.05) is 0 Å². The molecule has 10 atom stereocenters. The van der Waals surface area contributed by atoms with Crippen LogP contribution in [0.3, 0.4) is 0 Å². The van der Waals surface area contributed by atoms with Crippen LogP contribution in [0.4, 0.5) is 0 Å². The van der Waals surface area contributed by atoms with Crippen molar-refractivity contribution in [3.8, 4) is 34.3 Å². The fourth-order valence-corrected chi connectivity index (χ4v) is 4.83. The quantitative estimate of drug-likeness (QED) is 0.130. The summed E-state index contributed by atoms with van der Waals surface area (Å²) in [7, 11) is 0. The molecule has 2 aromatic carbocycles. The zero-order chi connectivity index (χ0) is 31.2. The van der Waals surface area contributed by atoms with Crippen molar-refractivity contribution >= 4 is 11.0 Å².